The maximum atomic E-state index is 5.28. The number of hydrogen-bond donors (Lipinski definition) is 0. The number of nitrogens with zero attached hydrogens (tertiary/aromatic N) is 2. The average Bonchev–Trinajstić information content (AvgIpc) is 2.61. The molecule has 2 rings (SSSR count). The molecule has 0 saturated carbocycles. The van der Waals surface area contributed by atoms with Crippen molar-refractivity contribution in [2.24, 2.45) is 0 Å². The Labute approximate surface area is 72.4 Å². The van der Waals surface area contributed by atoms with Gasteiger partial charge in [0.2, 0.25) is 0 Å². The largest absolute Gasteiger partial charge is 0.448 e. The second-order valence-electron chi connectivity index (χ2n) is 3.63. The van der Waals surface area contributed by atoms with Gasteiger partial charge in [0.15, 0.2) is 6.39 Å². The van der Waals surface area contributed by atoms with Crippen molar-refractivity contribution in [3.63, 3.8) is 0 Å². The lowest BCUT2D eigenvalue weighted by atomic mass is 10.0. The summed E-state index contributed by atoms with van der Waals surface area (Å²) in [5.74, 6) is 1.58. The van der Waals surface area contributed by atoms with Crippen molar-refractivity contribution in [3.8, 4) is 0 Å². The summed E-state index contributed by atoms with van der Waals surface area (Å²) in [5.41, 5.74) is 0. The maximum Gasteiger partial charge on any atom is 0.180 e. The molecule has 0 aliphatic carbocycles. The van der Waals surface area contributed by atoms with Crippen molar-refractivity contribution in [1.82, 2.24) is 9.88 Å². The third-order valence-corrected chi connectivity index (χ3v) is 2.74. The monoisotopic (exact) mass is 166 g/mol. The first-order valence-electron chi connectivity index (χ1n) is 4.36. The molecule has 1 aromatic rings. The van der Waals surface area contributed by atoms with Gasteiger partial charge in [-0.2, -0.15) is 0 Å². The molecule has 1 aliphatic heterocycles. The molecule has 3 nitrogen and oxygen atoms in total. The maximum absolute atomic E-state index is 5.28. The third kappa shape index (κ3) is 1.25. The van der Waals surface area contributed by atoms with Gasteiger partial charge in [0.05, 0.1) is 6.20 Å². The van der Waals surface area contributed by atoms with E-state index in [0.29, 0.717) is 12.0 Å². The van der Waals surface area contributed by atoms with E-state index in [9.17, 15) is 0 Å². The molecule has 3 heteroatoms. The number of aromatic nitrogens is 1. The molecule has 2 heterocycles. The van der Waals surface area contributed by atoms with Crippen LogP contribution in [0.1, 0.15) is 25.0 Å². The van der Waals surface area contributed by atoms with Crippen LogP contribution in [0.5, 0.6) is 0 Å². The fraction of sp³-hybridized carbons (Fsp3) is 0.667. The predicted molar refractivity (Wildman–Crippen MR) is 46.0 cm³/mol. The molecule has 0 spiro atoms. The van der Waals surface area contributed by atoms with Crippen molar-refractivity contribution < 1.29 is 4.42 Å². The molecular weight excluding hydrogens is 152 g/mol. The molecule has 2 atom stereocenters. The highest BCUT2D eigenvalue weighted by atomic mass is 16.3. The van der Waals surface area contributed by atoms with Crippen LogP contribution in [0.25, 0.3) is 0 Å². The van der Waals surface area contributed by atoms with Crippen molar-refractivity contribution in [3.05, 3.63) is 18.4 Å². The van der Waals surface area contributed by atoms with Crippen molar-refractivity contribution in [2.75, 3.05) is 13.6 Å². The van der Waals surface area contributed by atoms with Crippen LogP contribution < -0.4 is 0 Å². The smallest absolute Gasteiger partial charge is 0.180 e. The summed E-state index contributed by atoms with van der Waals surface area (Å²) in [6.07, 6.45) is 4.53. The molecule has 1 aromatic heterocycles. The van der Waals surface area contributed by atoms with Crippen molar-refractivity contribution in [2.45, 2.75) is 25.3 Å². The van der Waals surface area contributed by atoms with Gasteiger partial charge in [0.1, 0.15) is 5.76 Å². The normalized spacial score (nSPS) is 31.2. The van der Waals surface area contributed by atoms with Crippen LogP contribution in [-0.2, 0) is 0 Å². The molecule has 0 bridgehead atoms. The minimum Gasteiger partial charge on any atom is -0.448 e. The topological polar surface area (TPSA) is 29.3 Å². The Bertz CT molecular complexity index is 235. The number of hydrogen-bond acceptors (Lipinski definition) is 3. The van der Waals surface area contributed by atoms with Gasteiger partial charge < -0.3 is 9.32 Å². The predicted octanol–water partition coefficient (Wildman–Crippen LogP) is 1.48. The Hall–Kier alpha value is -0.830. The van der Waals surface area contributed by atoms with E-state index < -0.39 is 0 Å². The van der Waals surface area contributed by atoms with Crippen LogP contribution in [0.3, 0.4) is 0 Å². The highest BCUT2D eigenvalue weighted by Crippen LogP contribution is 2.29. The quantitative estimate of drug-likeness (QED) is 0.633. The number of likely N-dealkylation sites (N-methyl/N-ethyl adjacent to an activating group) is 1. The lowest BCUT2D eigenvalue weighted by Gasteiger charge is -2.12. The second-order valence-corrected chi connectivity index (χ2v) is 3.63. The molecule has 0 aromatic carbocycles. The Balaban J connectivity index is 2.09. The summed E-state index contributed by atoms with van der Waals surface area (Å²) >= 11 is 0. The zero-order chi connectivity index (χ0) is 8.55. The van der Waals surface area contributed by atoms with E-state index in [1.807, 2.05) is 6.20 Å². The molecule has 1 saturated heterocycles. The third-order valence-electron chi connectivity index (χ3n) is 2.74. The van der Waals surface area contributed by atoms with Crippen LogP contribution in [0, 0.1) is 0 Å². The zero-order valence-corrected chi connectivity index (χ0v) is 7.53. The first-order chi connectivity index (χ1) is 5.77. The lowest BCUT2D eigenvalue weighted by molar-refractivity contribution is 0.327. The minimum absolute atomic E-state index is 0.549. The average molecular weight is 166 g/mol. The van der Waals surface area contributed by atoms with Crippen LogP contribution >= 0.6 is 0 Å². The van der Waals surface area contributed by atoms with Crippen LogP contribution in [-0.4, -0.2) is 29.5 Å². The Morgan fingerprint density at radius 1 is 1.67 bits per heavy atom. The van der Waals surface area contributed by atoms with E-state index in [1.165, 1.54) is 12.8 Å². The zero-order valence-electron chi connectivity index (χ0n) is 7.53. The van der Waals surface area contributed by atoms with Crippen molar-refractivity contribution >= 4 is 0 Å². The van der Waals surface area contributed by atoms with Gasteiger partial charge in [-0.1, -0.05) is 0 Å². The molecule has 0 radical (unpaired) electrons. The fourth-order valence-electron chi connectivity index (χ4n) is 1.83. The van der Waals surface area contributed by atoms with Gasteiger partial charge in [0, 0.05) is 18.5 Å². The van der Waals surface area contributed by atoms with Crippen LogP contribution in [0.15, 0.2) is 17.0 Å². The summed E-state index contributed by atoms with van der Waals surface area (Å²) in [7, 11) is 2.15. The standard InChI is InChI=1S/C9H14N2O/c1-7-3-8(5-11(7)2)9-4-10-6-12-9/h4,6-8H,3,5H2,1-2H3/t7-,8?/m1/s1. The number of likely N-dealkylation sites (tertiary alicyclic amines) is 1. The van der Waals surface area contributed by atoms with Crippen LogP contribution in [0.4, 0.5) is 0 Å². The highest BCUT2D eigenvalue weighted by molar-refractivity contribution is 5.04. The summed E-state index contributed by atoms with van der Waals surface area (Å²) in [6, 6.07) is 0.667. The van der Waals surface area contributed by atoms with E-state index >= 15 is 0 Å². The minimum atomic E-state index is 0.549. The molecule has 66 valence electrons. The van der Waals surface area contributed by atoms with Gasteiger partial charge in [0.25, 0.3) is 0 Å². The number of rotatable bonds is 1. The van der Waals surface area contributed by atoms with E-state index in [-0.39, 0.29) is 0 Å². The van der Waals surface area contributed by atoms with E-state index in [1.54, 1.807) is 0 Å². The van der Waals surface area contributed by atoms with Gasteiger partial charge in [-0.3, -0.25) is 0 Å². The van der Waals surface area contributed by atoms with E-state index in [2.05, 4.69) is 23.9 Å². The van der Waals surface area contributed by atoms with Gasteiger partial charge in [-0.15, -0.1) is 0 Å². The molecule has 1 aliphatic rings. The molecule has 12 heavy (non-hydrogen) atoms. The molecule has 0 amide bonds. The summed E-state index contributed by atoms with van der Waals surface area (Å²) in [4.78, 5) is 6.29. The second kappa shape index (κ2) is 2.90. The highest BCUT2D eigenvalue weighted by Gasteiger charge is 2.28. The summed E-state index contributed by atoms with van der Waals surface area (Å²) in [6.45, 7) is 3.34. The first-order valence-corrected chi connectivity index (χ1v) is 4.36. The van der Waals surface area contributed by atoms with Crippen LogP contribution in [0.2, 0.25) is 0 Å². The Morgan fingerprint density at radius 2 is 2.50 bits per heavy atom. The SMILES string of the molecule is C[C@@H]1CC(c2cnco2)CN1C. The van der Waals surface area contributed by atoms with E-state index in [4.69, 9.17) is 4.42 Å². The summed E-state index contributed by atoms with van der Waals surface area (Å²) in [5, 5.41) is 0. The van der Waals surface area contributed by atoms with E-state index in [0.717, 1.165) is 12.3 Å². The molecular formula is C9H14N2O. The Morgan fingerprint density at radius 3 is 3.00 bits per heavy atom. The molecule has 0 N–H and O–H groups in total. The lowest BCUT2D eigenvalue weighted by Crippen LogP contribution is -2.21. The van der Waals surface area contributed by atoms with Crippen molar-refractivity contribution in [1.29, 1.82) is 0 Å². The molecule has 1 fully saturated rings. The fourth-order valence-corrected chi connectivity index (χ4v) is 1.83. The summed E-state index contributed by atoms with van der Waals surface area (Å²) < 4.78 is 5.28. The van der Waals surface area contributed by atoms with Gasteiger partial charge in [-0.05, 0) is 20.4 Å². The first kappa shape index (κ1) is 7.80. The van der Waals surface area contributed by atoms with Gasteiger partial charge in [-0.25, -0.2) is 4.98 Å². The molecule has 1 unspecified atom stereocenters. The van der Waals surface area contributed by atoms with Gasteiger partial charge >= 0.3 is 0 Å². The number of oxazole rings is 1. The Kier molecular flexibility index (Phi) is 1.89.